The molecule has 124 valence electrons. The van der Waals surface area contributed by atoms with Crippen LogP contribution in [0.4, 0.5) is 5.13 Å². The van der Waals surface area contributed by atoms with Crippen molar-refractivity contribution < 1.29 is 13.2 Å². The fourth-order valence-corrected chi connectivity index (χ4v) is 5.59. The number of hydrogen-bond acceptors (Lipinski definition) is 6. The monoisotopic (exact) mass is 345 g/mol. The van der Waals surface area contributed by atoms with Gasteiger partial charge in [0.1, 0.15) is 0 Å². The van der Waals surface area contributed by atoms with Crippen LogP contribution in [0.15, 0.2) is 11.6 Å². The van der Waals surface area contributed by atoms with Crippen molar-refractivity contribution in [1.29, 1.82) is 0 Å². The van der Waals surface area contributed by atoms with E-state index >= 15 is 0 Å². The zero-order valence-electron chi connectivity index (χ0n) is 12.8. The summed E-state index contributed by atoms with van der Waals surface area (Å²) >= 11 is 1.57. The van der Waals surface area contributed by atoms with E-state index in [1.54, 1.807) is 21.8 Å². The van der Waals surface area contributed by atoms with Crippen molar-refractivity contribution in [2.24, 2.45) is 0 Å². The Kier molecular flexibility index (Phi) is 4.72. The number of nitrogens with one attached hydrogen (secondary N) is 1. The lowest BCUT2D eigenvalue weighted by molar-refractivity contribution is -0.0329. The number of thiazole rings is 1. The van der Waals surface area contributed by atoms with Gasteiger partial charge in [-0.05, 0) is 19.3 Å². The maximum absolute atomic E-state index is 12.3. The summed E-state index contributed by atoms with van der Waals surface area (Å²) in [6.07, 6.45) is 5.07. The van der Waals surface area contributed by atoms with Crippen molar-refractivity contribution in [2.75, 3.05) is 30.8 Å². The van der Waals surface area contributed by atoms with Crippen molar-refractivity contribution in [3.8, 4) is 0 Å². The molecule has 2 atom stereocenters. The second-order valence-corrected chi connectivity index (χ2v) is 9.11. The number of piperidine rings is 1. The lowest BCUT2D eigenvalue weighted by Gasteiger charge is -2.39. The van der Waals surface area contributed by atoms with Crippen molar-refractivity contribution in [1.82, 2.24) is 9.29 Å². The molecule has 1 aromatic heterocycles. The normalized spacial score (nSPS) is 30.0. The van der Waals surface area contributed by atoms with E-state index in [1.165, 1.54) is 0 Å². The van der Waals surface area contributed by atoms with Crippen molar-refractivity contribution in [2.45, 2.75) is 44.2 Å². The van der Waals surface area contributed by atoms with Crippen LogP contribution in [0, 0.1) is 0 Å². The van der Waals surface area contributed by atoms with Crippen LogP contribution in [0.2, 0.25) is 0 Å². The fourth-order valence-electron chi connectivity index (χ4n) is 3.37. The summed E-state index contributed by atoms with van der Waals surface area (Å²) < 4.78 is 32.3. The Morgan fingerprint density at radius 1 is 1.59 bits per heavy atom. The average Bonchev–Trinajstić information content (AvgIpc) is 3.10. The molecule has 2 saturated heterocycles. The Morgan fingerprint density at radius 3 is 3.18 bits per heavy atom. The smallest absolute Gasteiger partial charge is 0.214 e. The van der Waals surface area contributed by atoms with Gasteiger partial charge in [-0.15, -0.1) is 11.3 Å². The zero-order valence-corrected chi connectivity index (χ0v) is 14.5. The van der Waals surface area contributed by atoms with Gasteiger partial charge < -0.3 is 10.1 Å². The first-order valence-electron chi connectivity index (χ1n) is 7.81. The minimum absolute atomic E-state index is 0.208. The van der Waals surface area contributed by atoms with Gasteiger partial charge >= 0.3 is 0 Å². The number of sulfonamides is 1. The fraction of sp³-hybridized carbons (Fsp3) is 0.786. The Labute approximate surface area is 135 Å². The van der Waals surface area contributed by atoms with Crippen LogP contribution in [0.5, 0.6) is 0 Å². The van der Waals surface area contributed by atoms with E-state index in [0.717, 1.165) is 24.4 Å². The second-order valence-electron chi connectivity index (χ2n) is 6.13. The van der Waals surface area contributed by atoms with Gasteiger partial charge in [0.05, 0.1) is 24.0 Å². The summed E-state index contributed by atoms with van der Waals surface area (Å²) in [4.78, 5) is 4.24. The molecule has 1 aromatic rings. The first kappa shape index (κ1) is 16.2. The van der Waals surface area contributed by atoms with E-state index in [9.17, 15) is 8.42 Å². The molecule has 2 unspecified atom stereocenters. The molecule has 0 saturated carbocycles. The van der Waals surface area contributed by atoms with E-state index in [2.05, 4.69) is 10.3 Å². The first-order valence-corrected chi connectivity index (χ1v) is 10.3. The highest BCUT2D eigenvalue weighted by molar-refractivity contribution is 7.89. The highest BCUT2D eigenvalue weighted by Crippen LogP contribution is 2.36. The summed E-state index contributed by atoms with van der Waals surface area (Å²) in [5, 5.41) is 6.22. The van der Waals surface area contributed by atoms with Crippen molar-refractivity contribution in [3.63, 3.8) is 0 Å². The molecule has 8 heteroatoms. The summed E-state index contributed by atoms with van der Waals surface area (Å²) in [6, 6.07) is 0.208. The molecular formula is C14H23N3O3S2. The second kappa shape index (κ2) is 6.43. The Hall–Kier alpha value is -0.700. The first-order chi connectivity index (χ1) is 10.5. The number of ether oxygens (including phenoxy) is 1. The van der Waals surface area contributed by atoms with Gasteiger partial charge in [0, 0.05) is 31.1 Å². The van der Waals surface area contributed by atoms with Gasteiger partial charge in [-0.25, -0.2) is 13.4 Å². The molecule has 2 aliphatic heterocycles. The lowest BCUT2D eigenvalue weighted by Crippen LogP contribution is -2.50. The van der Waals surface area contributed by atoms with Crippen LogP contribution in [-0.2, 0) is 14.8 Å². The highest BCUT2D eigenvalue weighted by atomic mass is 32.2. The molecule has 1 spiro atoms. The Bertz CT molecular complexity index is 590. The van der Waals surface area contributed by atoms with Crippen LogP contribution in [0.25, 0.3) is 0 Å². The van der Waals surface area contributed by atoms with Gasteiger partial charge in [-0.3, -0.25) is 0 Å². The number of aromatic nitrogens is 1. The largest absolute Gasteiger partial charge is 0.371 e. The summed E-state index contributed by atoms with van der Waals surface area (Å²) in [6.45, 7) is 3.63. The molecule has 3 heterocycles. The van der Waals surface area contributed by atoms with Gasteiger partial charge in [0.15, 0.2) is 5.13 Å². The van der Waals surface area contributed by atoms with Crippen molar-refractivity contribution in [3.05, 3.63) is 11.6 Å². The molecule has 3 rings (SSSR count). The summed E-state index contributed by atoms with van der Waals surface area (Å²) in [7, 11) is -3.14. The van der Waals surface area contributed by atoms with E-state index in [4.69, 9.17) is 4.74 Å². The molecule has 2 aliphatic rings. The number of rotatable bonds is 5. The predicted molar refractivity (Wildman–Crippen MR) is 87.7 cm³/mol. The van der Waals surface area contributed by atoms with E-state index < -0.39 is 10.0 Å². The number of nitrogens with zero attached hydrogens (tertiary/aromatic N) is 2. The molecule has 0 bridgehead atoms. The SMILES string of the molecule is CCCS(=O)(=O)N1CCCC2(CC(Nc3nccs3)CO2)C1. The third-order valence-corrected chi connectivity index (χ3v) is 7.06. The number of hydrogen-bond donors (Lipinski definition) is 1. The zero-order chi connectivity index (χ0) is 15.6. The molecule has 0 amide bonds. The maximum Gasteiger partial charge on any atom is 0.214 e. The average molecular weight is 345 g/mol. The van der Waals surface area contributed by atoms with Gasteiger partial charge in [0.2, 0.25) is 10.0 Å². The van der Waals surface area contributed by atoms with Crippen LogP contribution < -0.4 is 5.32 Å². The lowest BCUT2D eigenvalue weighted by atomic mass is 9.90. The molecule has 2 fully saturated rings. The van der Waals surface area contributed by atoms with Crippen LogP contribution in [0.1, 0.15) is 32.6 Å². The molecule has 1 N–H and O–H groups in total. The minimum Gasteiger partial charge on any atom is -0.371 e. The highest BCUT2D eigenvalue weighted by Gasteiger charge is 2.45. The van der Waals surface area contributed by atoms with Gasteiger partial charge in [-0.1, -0.05) is 6.92 Å². The quantitative estimate of drug-likeness (QED) is 0.883. The molecule has 0 aromatic carbocycles. The molecular weight excluding hydrogens is 322 g/mol. The van der Waals surface area contributed by atoms with Gasteiger partial charge in [-0.2, -0.15) is 4.31 Å². The van der Waals surface area contributed by atoms with Gasteiger partial charge in [0.25, 0.3) is 0 Å². The Morgan fingerprint density at radius 2 is 2.45 bits per heavy atom. The summed E-state index contributed by atoms with van der Waals surface area (Å²) in [5.41, 5.74) is -0.325. The third kappa shape index (κ3) is 3.45. The van der Waals surface area contributed by atoms with Crippen LogP contribution in [-0.4, -0.2) is 54.8 Å². The third-order valence-electron chi connectivity index (χ3n) is 4.33. The molecule has 6 nitrogen and oxygen atoms in total. The van der Waals surface area contributed by atoms with E-state index in [-0.39, 0.29) is 17.4 Å². The maximum atomic E-state index is 12.3. The van der Waals surface area contributed by atoms with E-state index in [1.807, 2.05) is 12.3 Å². The summed E-state index contributed by atoms with van der Waals surface area (Å²) in [5.74, 6) is 0.226. The molecule has 0 radical (unpaired) electrons. The Balaban J connectivity index is 1.64. The minimum atomic E-state index is -3.14. The van der Waals surface area contributed by atoms with Crippen molar-refractivity contribution >= 4 is 26.5 Å². The molecule has 0 aliphatic carbocycles. The number of anilines is 1. The van der Waals surface area contributed by atoms with Crippen LogP contribution in [0.3, 0.4) is 0 Å². The van der Waals surface area contributed by atoms with E-state index in [0.29, 0.717) is 26.1 Å². The van der Waals surface area contributed by atoms with Crippen LogP contribution >= 0.6 is 11.3 Å². The topological polar surface area (TPSA) is 71.5 Å². The molecule has 22 heavy (non-hydrogen) atoms. The standard InChI is InChI=1S/C14H23N3O3S2/c1-2-8-22(18,19)17-6-3-4-14(11-17)9-12(10-20-14)16-13-15-5-7-21-13/h5,7,12H,2-4,6,8-11H2,1H3,(H,15,16). The predicted octanol–water partition coefficient (Wildman–Crippen LogP) is 1.92.